The highest BCUT2D eigenvalue weighted by Gasteiger charge is 2.27. The maximum Gasteiger partial charge on any atom is 0.186 e. The predicted octanol–water partition coefficient (Wildman–Crippen LogP) is 0.995. The zero-order valence-electron chi connectivity index (χ0n) is 9.65. The van der Waals surface area contributed by atoms with Crippen molar-refractivity contribution < 1.29 is 9.52 Å². The molecule has 6 heteroatoms. The topological polar surface area (TPSA) is 97.8 Å². The SMILES string of the molecule is Cc1cc(C(C)(O)CN=C(N)N)c(C)o1.I. The molecule has 0 saturated carbocycles. The van der Waals surface area contributed by atoms with Crippen LogP contribution < -0.4 is 11.5 Å². The largest absolute Gasteiger partial charge is 0.466 e. The van der Waals surface area contributed by atoms with Crippen molar-refractivity contribution in [1.82, 2.24) is 0 Å². The molecule has 0 radical (unpaired) electrons. The van der Waals surface area contributed by atoms with Crippen molar-refractivity contribution in [2.75, 3.05) is 6.54 Å². The number of aliphatic imine (C=N–C) groups is 1. The number of aryl methyl sites for hydroxylation is 2. The van der Waals surface area contributed by atoms with Crippen LogP contribution in [0.5, 0.6) is 0 Å². The number of nitrogens with two attached hydrogens (primary N) is 2. The van der Waals surface area contributed by atoms with E-state index in [1.807, 2.05) is 6.92 Å². The normalized spacial score (nSPS) is 13.8. The van der Waals surface area contributed by atoms with E-state index in [2.05, 4.69) is 4.99 Å². The van der Waals surface area contributed by atoms with E-state index in [1.54, 1.807) is 19.9 Å². The van der Waals surface area contributed by atoms with E-state index in [0.717, 1.165) is 5.76 Å². The van der Waals surface area contributed by atoms with Crippen LogP contribution >= 0.6 is 24.0 Å². The Morgan fingerprint density at radius 3 is 2.44 bits per heavy atom. The van der Waals surface area contributed by atoms with Gasteiger partial charge >= 0.3 is 0 Å². The second-order valence-corrected chi connectivity index (χ2v) is 3.84. The lowest BCUT2D eigenvalue weighted by atomic mass is 9.96. The first-order valence-corrected chi connectivity index (χ1v) is 4.68. The summed E-state index contributed by atoms with van der Waals surface area (Å²) in [6.45, 7) is 5.39. The molecule has 0 spiro atoms. The first kappa shape index (κ1) is 15.2. The number of nitrogens with zero attached hydrogens (tertiary/aromatic N) is 1. The summed E-state index contributed by atoms with van der Waals surface area (Å²) in [5.41, 5.74) is 10.0. The highest BCUT2D eigenvalue weighted by atomic mass is 127. The van der Waals surface area contributed by atoms with Gasteiger partial charge in [-0.1, -0.05) is 0 Å². The molecular weight excluding hydrogens is 321 g/mol. The van der Waals surface area contributed by atoms with Crippen LogP contribution in [0, 0.1) is 13.8 Å². The second-order valence-electron chi connectivity index (χ2n) is 3.84. The van der Waals surface area contributed by atoms with Crippen LogP contribution in [0.25, 0.3) is 0 Å². The van der Waals surface area contributed by atoms with Crippen molar-refractivity contribution in [3.05, 3.63) is 23.2 Å². The Kier molecular flexibility index (Phi) is 5.27. The van der Waals surface area contributed by atoms with Crippen molar-refractivity contribution in [2.24, 2.45) is 16.5 Å². The Labute approximate surface area is 112 Å². The molecule has 1 atom stereocenters. The van der Waals surface area contributed by atoms with Gasteiger partial charge in [-0.3, -0.25) is 4.99 Å². The van der Waals surface area contributed by atoms with Crippen LogP contribution in [0.1, 0.15) is 24.0 Å². The number of guanidine groups is 1. The van der Waals surface area contributed by atoms with Gasteiger partial charge in [0.25, 0.3) is 0 Å². The van der Waals surface area contributed by atoms with Crippen molar-refractivity contribution >= 4 is 29.9 Å². The quantitative estimate of drug-likeness (QED) is 0.435. The highest BCUT2D eigenvalue weighted by Crippen LogP contribution is 2.27. The molecule has 1 aromatic rings. The molecule has 0 amide bonds. The third-order valence-electron chi connectivity index (χ3n) is 2.19. The average Bonchev–Trinajstić information content (AvgIpc) is 2.43. The molecule has 1 aromatic heterocycles. The first-order valence-electron chi connectivity index (χ1n) is 4.68. The summed E-state index contributed by atoms with van der Waals surface area (Å²) in [5, 5.41) is 10.2. The van der Waals surface area contributed by atoms with Gasteiger partial charge in [-0.15, -0.1) is 24.0 Å². The Morgan fingerprint density at radius 2 is 2.06 bits per heavy atom. The minimum absolute atomic E-state index is 0. The van der Waals surface area contributed by atoms with Gasteiger partial charge in [0.15, 0.2) is 5.96 Å². The van der Waals surface area contributed by atoms with E-state index in [9.17, 15) is 5.11 Å². The molecule has 92 valence electrons. The molecule has 1 rings (SSSR count). The summed E-state index contributed by atoms with van der Waals surface area (Å²) in [4.78, 5) is 3.80. The lowest BCUT2D eigenvalue weighted by Crippen LogP contribution is -2.30. The molecule has 5 N–H and O–H groups in total. The molecule has 1 heterocycles. The average molecular weight is 339 g/mol. The van der Waals surface area contributed by atoms with Gasteiger partial charge in [0.2, 0.25) is 0 Å². The van der Waals surface area contributed by atoms with Crippen LogP contribution in [0.2, 0.25) is 0 Å². The summed E-state index contributed by atoms with van der Waals surface area (Å²) < 4.78 is 5.34. The van der Waals surface area contributed by atoms with Crippen molar-refractivity contribution in [3.63, 3.8) is 0 Å². The van der Waals surface area contributed by atoms with Crippen molar-refractivity contribution in [2.45, 2.75) is 26.4 Å². The molecule has 0 aliphatic rings. The molecule has 1 unspecified atom stereocenters. The molecule has 16 heavy (non-hydrogen) atoms. The van der Waals surface area contributed by atoms with Crippen molar-refractivity contribution in [3.8, 4) is 0 Å². The molecule has 0 aliphatic carbocycles. The maximum atomic E-state index is 10.2. The summed E-state index contributed by atoms with van der Waals surface area (Å²) in [6.07, 6.45) is 0. The predicted molar refractivity (Wildman–Crippen MR) is 73.8 cm³/mol. The van der Waals surface area contributed by atoms with Gasteiger partial charge in [-0.05, 0) is 26.8 Å². The third-order valence-corrected chi connectivity index (χ3v) is 2.19. The summed E-state index contributed by atoms with van der Waals surface area (Å²) in [5.74, 6) is 1.41. The van der Waals surface area contributed by atoms with E-state index in [0.29, 0.717) is 11.3 Å². The number of furan rings is 1. The lowest BCUT2D eigenvalue weighted by molar-refractivity contribution is 0.0658. The minimum Gasteiger partial charge on any atom is -0.466 e. The van der Waals surface area contributed by atoms with Gasteiger partial charge in [-0.2, -0.15) is 0 Å². The minimum atomic E-state index is -1.11. The molecule has 0 aromatic carbocycles. The number of hydrogen-bond acceptors (Lipinski definition) is 3. The molecular formula is C10H18IN3O2. The zero-order valence-corrected chi connectivity index (χ0v) is 12.0. The number of halogens is 1. The van der Waals surface area contributed by atoms with Gasteiger partial charge in [0.05, 0.1) is 6.54 Å². The monoisotopic (exact) mass is 339 g/mol. The van der Waals surface area contributed by atoms with Crippen LogP contribution in [-0.4, -0.2) is 17.6 Å². The second kappa shape index (κ2) is 5.53. The van der Waals surface area contributed by atoms with E-state index in [4.69, 9.17) is 15.9 Å². The number of hydrogen-bond donors (Lipinski definition) is 3. The van der Waals surface area contributed by atoms with Gasteiger partial charge in [-0.25, -0.2) is 0 Å². The molecule has 0 fully saturated rings. The van der Waals surface area contributed by atoms with Crippen LogP contribution in [0.15, 0.2) is 15.5 Å². The maximum absolute atomic E-state index is 10.2. The standard InChI is InChI=1S/C10H17N3O2.HI/c1-6-4-8(7(2)15-6)10(3,14)5-13-9(11)12;/h4,14H,5H2,1-3H3,(H4,11,12,13);1H. The summed E-state index contributed by atoms with van der Waals surface area (Å²) in [7, 11) is 0. The van der Waals surface area contributed by atoms with E-state index in [-0.39, 0.29) is 36.5 Å². The fourth-order valence-corrected chi connectivity index (χ4v) is 1.50. The van der Waals surface area contributed by atoms with Gasteiger partial charge in [0, 0.05) is 5.56 Å². The summed E-state index contributed by atoms with van der Waals surface area (Å²) in [6, 6.07) is 1.79. The molecule has 0 bridgehead atoms. The van der Waals surface area contributed by atoms with E-state index >= 15 is 0 Å². The van der Waals surface area contributed by atoms with Crippen LogP contribution in [0.4, 0.5) is 0 Å². The van der Waals surface area contributed by atoms with E-state index in [1.165, 1.54) is 0 Å². The van der Waals surface area contributed by atoms with Crippen LogP contribution in [-0.2, 0) is 5.60 Å². The Balaban J connectivity index is 0.00000225. The fraction of sp³-hybridized carbons (Fsp3) is 0.500. The van der Waals surface area contributed by atoms with Gasteiger partial charge < -0.3 is 21.0 Å². The fourth-order valence-electron chi connectivity index (χ4n) is 1.50. The molecule has 0 aliphatic heterocycles. The first-order chi connectivity index (χ1) is 6.83. The van der Waals surface area contributed by atoms with Gasteiger partial charge in [0.1, 0.15) is 17.1 Å². The van der Waals surface area contributed by atoms with E-state index < -0.39 is 5.60 Å². The van der Waals surface area contributed by atoms with Crippen molar-refractivity contribution in [1.29, 1.82) is 0 Å². The smallest absolute Gasteiger partial charge is 0.186 e. The summed E-state index contributed by atoms with van der Waals surface area (Å²) >= 11 is 0. The zero-order chi connectivity index (χ0) is 11.6. The Morgan fingerprint density at radius 1 is 1.50 bits per heavy atom. The third kappa shape index (κ3) is 3.67. The highest BCUT2D eigenvalue weighted by molar-refractivity contribution is 14.0. The lowest BCUT2D eigenvalue weighted by Gasteiger charge is -2.20. The van der Waals surface area contributed by atoms with Crippen LogP contribution in [0.3, 0.4) is 0 Å². The number of aliphatic hydroxyl groups is 1. The Hall–Kier alpha value is -0.760. The molecule has 0 saturated heterocycles. The molecule has 5 nitrogen and oxygen atoms in total. The Bertz CT molecular complexity index is 381. The number of rotatable bonds is 3.